The number of thiol groups is 1. The number of benzene rings is 1. The largest absolute Gasteiger partial charge is 0.377 e. The van der Waals surface area contributed by atoms with Crippen molar-refractivity contribution < 1.29 is 9.53 Å². The lowest BCUT2D eigenvalue weighted by Crippen LogP contribution is -2.47. The fraction of sp³-hybridized carbons (Fsp3) is 0.417. The Morgan fingerprint density at radius 3 is 3.06 bits per heavy atom. The molecule has 4 heteroatoms. The third-order valence-electron chi connectivity index (χ3n) is 2.72. The van der Waals surface area contributed by atoms with Gasteiger partial charge in [0.15, 0.2) is 0 Å². The molecule has 0 N–H and O–H groups in total. The molecule has 1 unspecified atom stereocenters. The van der Waals surface area contributed by atoms with Crippen molar-refractivity contribution in [2.45, 2.75) is 17.9 Å². The summed E-state index contributed by atoms with van der Waals surface area (Å²) in [4.78, 5) is 14.9. The number of hydrogen-bond donors (Lipinski definition) is 1. The molecule has 3 nitrogen and oxygen atoms in total. The molecule has 1 heterocycles. The molecule has 2 rings (SSSR count). The van der Waals surface area contributed by atoms with Crippen LogP contribution in [0.4, 0.5) is 0 Å². The molecular formula is C12H15NO2S. The molecule has 1 fully saturated rings. The van der Waals surface area contributed by atoms with E-state index in [2.05, 4.69) is 12.6 Å². The van der Waals surface area contributed by atoms with Crippen LogP contribution in [0.1, 0.15) is 17.3 Å². The van der Waals surface area contributed by atoms with Crippen LogP contribution in [0.5, 0.6) is 0 Å². The maximum absolute atomic E-state index is 12.2. The minimum Gasteiger partial charge on any atom is -0.377 e. The molecule has 1 atom stereocenters. The molecule has 0 spiro atoms. The average Bonchev–Trinajstić information content (AvgIpc) is 2.29. The van der Waals surface area contributed by atoms with Crippen LogP contribution in [-0.2, 0) is 4.74 Å². The van der Waals surface area contributed by atoms with Crippen LogP contribution in [0.15, 0.2) is 29.2 Å². The van der Waals surface area contributed by atoms with E-state index in [1.54, 1.807) is 6.07 Å². The molecule has 1 amide bonds. The van der Waals surface area contributed by atoms with Crippen LogP contribution in [0.25, 0.3) is 0 Å². The van der Waals surface area contributed by atoms with E-state index >= 15 is 0 Å². The predicted octanol–water partition coefficient (Wildman–Crippen LogP) is 1.84. The molecule has 0 aliphatic carbocycles. The van der Waals surface area contributed by atoms with Crippen molar-refractivity contribution in [3.63, 3.8) is 0 Å². The van der Waals surface area contributed by atoms with Crippen molar-refractivity contribution in [1.82, 2.24) is 4.90 Å². The maximum atomic E-state index is 12.2. The van der Waals surface area contributed by atoms with Gasteiger partial charge in [-0.2, -0.15) is 0 Å². The van der Waals surface area contributed by atoms with Crippen LogP contribution >= 0.6 is 12.6 Å². The fourth-order valence-corrected chi connectivity index (χ4v) is 2.06. The summed E-state index contributed by atoms with van der Waals surface area (Å²) in [6.07, 6.45) is 0. The molecule has 86 valence electrons. The highest BCUT2D eigenvalue weighted by Gasteiger charge is 2.24. The van der Waals surface area contributed by atoms with E-state index in [0.717, 1.165) is 4.90 Å². The quantitative estimate of drug-likeness (QED) is 0.755. The lowest BCUT2D eigenvalue weighted by molar-refractivity contribution is 0.00358. The Labute approximate surface area is 101 Å². The first-order chi connectivity index (χ1) is 7.68. The van der Waals surface area contributed by atoms with Gasteiger partial charge in [-0.3, -0.25) is 4.79 Å². The van der Waals surface area contributed by atoms with Gasteiger partial charge in [-0.15, -0.1) is 12.6 Å². The minimum atomic E-state index is 0.0618. The number of carbonyl (C=O) groups is 1. The van der Waals surface area contributed by atoms with Crippen LogP contribution in [-0.4, -0.2) is 36.6 Å². The van der Waals surface area contributed by atoms with Gasteiger partial charge < -0.3 is 9.64 Å². The molecule has 0 aromatic heterocycles. The molecule has 1 aliphatic rings. The van der Waals surface area contributed by atoms with E-state index in [4.69, 9.17) is 4.74 Å². The standard InChI is InChI=1S/C12H15NO2S/c1-9-8-15-6-5-13(9)12(14)10-3-2-4-11(16)7-10/h2-4,7,9,16H,5-6,8H2,1H3. The Hall–Kier alpha value is -1.00. The Morgan fingerprint density at radius 2 is 2.38 bits per heavy atom. The second kappa shape index (κ2) is 4.89. The first kappa shape index (κ1) is 11.5. The SMILES string of the molecule is CC1COCCN1C(=O)c1cccc(S)c1. The maximum Gasteiger partial charge on any atom is 0.254 e. The van der Waals surface area contributed by atoms with E-state index in [1.807, 2.05) is 30.0 Å². The lowest BCUT2D eigenvalue weighted by atomic mass is 10.1. The lowest BCUT2D eigenvalue weighted by Gasteiger charge is -2.33. The van der Waals surface area contributed by atoms with Crippen molar-refractivity contribution in [2.24, 2.45) is 0 Å². The number of hydrogen-bond acceptors (Lipinski definition) is 3. The van der Waals surface area contributed by atoms with Crippen molar-refractivity contribution in [3.05, 3.63) is 29.8 Å². The minimum absolute atomic E-state index is 0.0618. The zero-order chi connectivity index (χ0) is 11.5. The highest BCUT2D eigenvalue weighted by molar-refractivity contribution is 7.80. The zero-order valence-electron chi connectivity index (χ0n) is 9.22. The summed E-state index contributed by atoms with van der Waals surface area (Å²) in [5.41, 5.74) is 0.696. The normalized spacial score (nSPS) is 20.9. The van der Waals surface area contributed by atoms with E-state index in [-0.39, 0.29) is 11.9 Å². The summed E-state index contributed by atoms with van der Waals surface area (Å²) in [6.45, 7) is 3.90. The van der Waals surface area contributed by atoms with E-state index in [9.17, 15) is 4.79 Å². The number of nitrogens with zero attached hydrogens (tertiary/aromatic N) is 1. The van der Waals surface area contributed by atoms with Crippen molar-refractivity contribution in [3.8, 4) is 0 Å². The van der Waals surface area contributed by atoms with Crippen LogP contribution in [0.2, 0.25) is 0 Å². The van der Waals surface area contributed by atoms with E-state index in [0.29, 0.717) is 25.3 Å². The Bertz CT molecular complexity index is 394. The van der Waals surface area contributed by atoms with Gasteiger partial charge >= 0.3 is 0 Å². The van der Waals surface area contributed by atoms with Crippen molar-refractivity contribution in [2.75, 3.05) is 19.8 Å². The first-order valence-corrected chi connectivity index (χ1v) is 5.81. The van der Waals surface area contributed by atoms with Crippen LogP contribution in [0.3, 0.4) is 0 Å². The second-order valence-corrected chi connectivity index (χ2v) is 4.49. The molecule has 16 heavy (non-hydrogen) atoms. The van der Waals surface area contributed by atoms with Gasteiger partial charge in [0.1, 0.15) is 0 Å². The Balaban J connectivity index is 2.17. The summed E-state index contributed by atoms with van der Waals surface area (Å²) >= 11 is 4.24. The van der Waals surface area contributed by atoms with Gasteiger partial charge in [0.25, 0.3) is 5.91 Å². The Morgan fingerprint density at radius 1 is 1.56 bits per heavy atom. The molecule has 1 aromatic rings. The predicted molar refractivity (Wildman–Crippen MR) is 65.0 cm³/mol. The number of rotatable bonds is 1. The van der Waals surface area contributed by atoms with Gasteiger partial charge in [0.2, 0.25) is 0 Å². The average molecular weight is 237 g/mol. The van der Waals surface area contributed by atoms with Crippen LogP contribution in [0, 0.1) is 0 Å². The number of morpholine rings is 1. The van der Waals surface area contributed by atoms with E-state index < -0.39 is 0 Å². The first-order valence-electron chi connectivity index (χ1n) is 5.36. The molecule has 0 bridgehead atoms. The zero-order valence-corrected chi connectivity index (χ0v) is 10.1. The smallest absolute Gasteiger partial charge is 0.254 e. The van der Waals surface area contributed by atoms with Gasteiger partial charge in [-0.1, -0.05) is 6.07 Å². The Kier molecular flexibility index (Phi) is 3.51. The van der Waals surface area contributed by atoms with E-state index in [1.165, 1.54) is 0 Å². The molecule has 1 aliphatic heterocycles. The van der Waals surface area contributed by atoms with Crippen molar-refractivity contribution in [1.29, 1.82) is 0 Å². The summed E-state index contributed by atoms with van der Waals surface area (Å²) in [7, 11) is 0. The molecule has 1 saturated heterocycles. The third-order valence-corrected chi connectivity index (χ3v) is 3.00. The highest BCUT2D eigenvalue weighted by Crippen LogP contribution is 2.15. The van der Waals surface area contributed by atoms with Gasteiger partial charge in [-0.05, 0) is 25.1 Å². The topological polar surface area (TPSA) is 29.5 Å². The number of ether oxygens (including phenoxy) is 1. The summed E-state index contributed by atoms with van der Waals surface area (Å²) in [6, 6.07) is 7.48. The third kappa shape index (κ3) is 2.39. The number of carbonyl (C=O) groups excluding carboxylic acids is 1. The highest BCUT2D eigenvalue weighted by atomic mass is 32.1. The molecular weight excluding hydrogens is 222 g/mol. The van der Waals surface area contributed by atoms with Crippen molar-refractivity contribution >= 4 is 18.5 Å². The molecule has 0 radical (unpaired) electrons. The summed E-state index contributed by atoms with van der Waals surface area (Å²) in [5.74, 6) is 0.0618. The van der Waals surface area contributed by atoms with Gasteiger partial charge in [0.05, 0.1) is 19.3 Å². The second-order valence-electron chi connectivity index (χ2n) is 3.97. The summed E-state index contributed by atoms with van der Waals surface area (Å²) < 4.78 is 5.31. The number of amides is 1. The van der Waals surface area contributed by atoms with Gasteiger partial charge in [0, 0.05) is 17.0 Å². The van der Waals surface area contributed by atoms with Crippen LogP contribution < -0.4 is 0 Å². The molecule has 1 aromatic carbocycles. The molecule has 0 saturated carbocycles. The van der Waals surface area contributed by atoms with Gasteiger partial charge in [-0.25, -0.2) is 0 Å². The monoisotopic (exact) mass is 237 g/mol. The fourth-order valence-electron chi connectivity index (χ4n) is 1.83. The summed E-state index contributed by atoms with van der Waals surface area (Å²) in [5, 5.41) is 0.